The van der Waals surface area contributed by atoms with Crippen LogP contribution in [0, 0.1) is 0 Å². The molecule has 2 amide bonds. The van der Waals surface area contributed by atoms with Gasteiger partial charge in [0, 0.05) is 23.1 Å². The molecule has 0 saturated carbocycles. The smallest absolute Gasteiger partial charge is 0.267 e. The Hall–Kier alpha value is -1.18. The molecule has 0 radical (unpaired) electrons. The number of amides is 2. The molecular weight excluding hydrogens is 396 g/mol. The third-order valence-corrected chi connectivity index (χ3v) is 5.76. The van der Waals surface area contributed by atoms with Crippen LogP contribution in [0.2, 0.25) is 0 Å². The molecule has 23 heavy (non-hydrogen) atoms. The second kappa shape index (κ2) is 6.37. The van der Waals surface area contributed by atoms with Gasteiger partial charge in [-0.3, -0.25) is 14.5 Å². The molecule has 4 nitrogen and oxygen atoms in total. The minimum Gasteiger partial charge on any atom is -0.308 e. The van der Waals surface area contributed by atoms with Crippen LogP contribution in [0.25, 0.3) is 5.57 Å². The lowest BCUT2D eigenvalue weighted by Gasteiger charge is -2.13. The summed E-state index contributed by atoms with van der Waals surface area (Å²) >= 11 is 9.99. The van der Waals surface area contributed by atoms with Crippen LogP contribution in [0.4, 0.5) is 5.69 Å². The molecule has 0 bridgehead atoms. The summed E-state index contributed by atoms with van der Waals surface area (Å²) in [7, 11) is 0. The van der Waals surface area contributed by atoms with E-state index >= 15 is 0 Å². The van der Waals surface area contributed by atoms with Gasteiger partial charge in [0.1, 0.15) is 4.32 Å². The molecule has 1 aromatic carbocycles. The highest BCUT2D eigenvalue weighted by Crippen LogP contribution is 2.45. The van der Waals surface area contributed by atoms with Gasteiger partial charge in [0.25, 0.3) is 11.8 Å². The number of rotatable bonds is 3. The second-order valence-corrected chi connectivity index (χ2v) is 7.80. The first-order chi connectivity index (χ1) is 11.0. The summed E-state index contributed by atoms with van der Waals surface area (Å²) in [5.41, 5.74) is 2.11. The zero-order valence-corrected chi connectivity index (χ0v) is 16.0. The van der Waals surface area contributed by atoms with Crippen LogP contribution in [0.5, 0.6) is 0 Å². The van der Waals surface area contributed by atoms with Crippen molar-refractivity contribution in [3.05, 3.63) is 33.1 Å². The largest absolute Gasteiger partial charge is 0.308 e. The van der Waals surface area contributed by atoms with Crippen LogP contribution in [0.3, 0.4) is 0 Å². The summed E-state index contributed by atoms with van der Waals surface area (Å²) in [4.78, 5) is 29.3. The van der Waals surface area contributed by atoms with E-state index in [0.717, 1.165) is 22.1 Å². The fourth-order valence-electron chi connectivity index (χ4n) is 2.80. The predicted molar refractivity (Wildman–Crippen MR) is 101 cm³/mol. The minimum absolute atomic E-state index is 0.127. The molecule has 1 saturated heterocycles. The van der Waals surface area contributed by atoms with Gasteiger partial charge in [-0.2, -0.15) is 0 Å². The van der Waals surface area contributed by atoms with Crippen LogP contribution in [-0.4, -0.2) is 34.1 Å². The molecule has 0 aromatic heterocycles. The number of carbonyl (C=O) groups excluding carboxylic acids is 2. The fourth-order valence-corrected chi connectivity index (χ4v) is 4.54. The molecule has 2 heterocycles. The van der Waals surface area contributed by atoms with E-state index in [4.69, 9.17) is 12.2 Å². The summed E-state index contributed by atoms with van der Waals surface area (Å²) in [6.07, 6.45) is 0.826. The Bertz CT molecular complexity index is 760. The Morgan fingerprint density at radius 3 is 2.57 bits per heavy atom. The van der Waals surface area contributed by atoms with Crippen LogP contribution < -0.4 is 4.90 Å². The molecule has 0 unspecified atom stereocenters. The van der Waals surface area contributed by atoms with Crippen LogP contribution >= 0.6 is 39.9 Å². The van der Waals surface area contributed by atoms with Crippen molar-refractivity contribution in [1.29, 1.82) is 0 Å². The third-order valence-electron chi connectivity index (χ3n) is 3.82. The number of likely N-dealkylation sites (N-methyl/N-ethyl adjacent to an activating group) is 1. The van der Waals surface area contributed by atoms with Gasteiger partial charge in [-0.05, 0) is 31.5 Å². The number of thioether (sulfide) groups is 1. The molecule has 0 N–H and O–H groups in total. The molecule has 0 atom stereocenters. The van der Waals surface area contributed by atoms with Crippen molar-refractivity contribution in [2.75, 3.05) is 18.0 Å². The van der Waals surface area contributed by atoms with Gasteiger partial charge < -0.3 is 4.90 Å². The normalized spacial score (nSPS) is 20.7. The number of carbonyl (C=O) groups is 2. The van der Waals surface area contributed by atoms with Gasteiger partial charge in [0.05, 0.1) is 16.2 Å². The number of anilines is 1. The van der Waals surface area contributed by atoms with Crippen molar-refractivity contribution in [3.8, 4) is 0 Å². The van der Waals surface area contributed by atoms with E-state index in [-0.39, 0.29) is 11.8 Å². The average molecular weight is 411 g/mol. The lowest BCUT2D eigenvalue weighted by Crippen LogP contribution is -2.29. The molecular formula is C16H15BrN2O2S2. The van der Waals surface area contributed by atoms with E-state index in [1.807, 2.05) is 32.0 Å². The van der Waals surface area contributed by atoms with E-state index in [0.29, 0.717) is 27.9 Å². The quantitative estimate of drug-likeness (QED) is 0.561. The van der Waals surface area contributed by atoms with Gasteiger partial charge in [0.2, 0.25) is 0 Å². The van der Waals surface area contributed by atoms with E-state index in [1.54, 1.807) is 9.80 Å². The maximum Gasteiger partial charge on any atom is 0.267 e. The highest BCUT2D eigenvalue weighted by atomic mass is 79.9. The minimum atomic E-state index is -0.158. The number of halogens is 1. The molecule has 2 aliphatic rings. The van der Waals surface area contributed by atoms with E-state index in [2.05, 4.69) is 15.9 Å². The van der Waals surface area contributed by atoms with Crippen molar-refractivity contribution in [2.24, 2.45) is 0 Å². The first kappa shape index (κ1) is 16.7. The van der Waals surface area contributed by atoms with Crippen LogP contribution in [0.1, 0.15) is 25.8 Å². The molecule has 0 aliphatic carbocycles. The Kier molecular flexibility index (Phi) is 4.62. The first-order valence-electron chi connectivity index (χ1n) is 7.39. The van der Waals surface area contributed by atoms with Gasteiger partial charge in [-0.15, -0.1) is 0 Å². The van der Waals surface area contributed by atoms with Crippen molar-refractivity contribution in [3.63, 3.8) is 0 Å². The van der Waals surface area contributed by atoms with Gasteiger partial charge in [-0.25, -0.2) is 0 Å². The number of hydrogen-bond acceptors (Lipinski definition) is 4. The molecule has 7 heteroatoms. The van der Waals surface area contributed by atoms with Gasteiger partial charge in [-0.1, -0.05) is 46.8 Å². The maximum absolute atomic E-state index is 12.8. The molecule has 1 aromatic rings. The predicted octanol–water partition coefficient (Wildman–Crippen LogP) is 3.80. The fraction of sp³-hybridized carbons (Fsp3) is 0.312. The Labute approximate surface area is 153 Å². The van der Waals surface area contributed by atoms with Gasteiger partial charge >= 0.3 is 0 Å². The number of fused-ring (bicyclic) bond motifs is 1. The van der Waals surface area contributed by atoms with E-state index < -0.39 is 0 Å². The third kappa shape index (κ3) is 2.64. The SMILES string of the molecule is CCCN1C(=O)/C(=C2\C(=O)N(CC)c3ccc(Br)cc32)SC1=S. The summed E-state index contributed by atoms with van der Waals surface area (Å²) in [5, 5.41) is 0. The number of thiocarbonyl (C=S) groups is 1. The monoisotopic (exact) mass is 410 g/mol. The topological polar surface area (TPSA) is 40.6 Å². The lowest BCUT2D eigenvalue weighted by molar-refractivity contribution is -0.122. The summed E-state index contributed by atoms with van der Waals surface area (Å²) < 4.78 is 1.40. The molecule has 0 spiro atoms. The van der Waals surface area contributed by atoms with Gasteiger partial charge in [0.15, 0.2) is 0 Å². The highest BCUT2D eigenvalue weighted by molar-refractivity contribution is 9.10. The Balaban J connectivity index is 2.17. The summed E-state index contributed by atoms with van der Waals surface area (Å²) in [6, 6.07) is 5.70. The number of benzene rings is 1. The molecule has 120 valence electrons. The zero-order chi connectivity index (χ0) is 16.7. The second-order valence-electron chi connectivity index (χ2n) is 5.24. The number of hydrogen-bond donors (Lipinski definition) is 0. The molecule has 2 aliphatic heterocycles. The van der Waals surface area contributed by atoms with Crippen molar-refractivity contribution >= 4 is 67.3 Å². The lowest BCUT2D eigenvalue weighted by atomic mass is 10.1. The number of nitrogens with zero attached hydrogens (tertiary/aromatic N) is 2. The van der Waals surface area contributed by atoms with Crippen LogP contribution in [0.15, 0.2) is 27.6 Å². The Morgan fingerprint density at radius 1 is 1.17 bits per heavy atom. The van der Waals surface area contributed by atoms with Crippen molar-refractivity contribution < 1.29 is 9.59 Å². The molecule has 3 rings (SSSR count). The van der Waals surface area contributed by atoms with E-state index in [9.17, 15) is 9.59 Å². The van der Waals surface area contributed by atoms with Crippen LogP contribution in [-0.2, 0) is 9.59 Å². The first-order valence-corrected chi connectivity index (χ1v) is 9.41. The highest BCUT2D eigenvalue weighted by Gasteiger charge is 2.41. The van der Waals surface area contributed by atoms with Crippen molar-refractivity contribution in [2.45, 2.75) is 20.3 Å². The van der Waals surface area contributed by atoms with Crippen molar-refractivity contribution in [1.82, 2.24) is 4.90 Å². The van der Waals surface area contributed by atoms with E-state index in [1.165, 1.54) is 11.8 Å². The Morgan fingerprint density at radius 2 is 1.91 bits per heavy atom. The standard InChI is InChI=1S/C16H15BrN2O2S2/c1-3-7-19-15(21)13(23-16(19)22)12-10-8-9(17)5-6-11(10)18(4-2)14(12)20/h5-6,8H,3-4,7H2,1-2H3/b13-12+. The maximum atomic E-state index is 12.8. The summed E-state index contributed by atoms with van der Waals surface area (Å²) in [5.74, 6) is -0.285. The average Bonchev–Trinajstić information content (AvgIpc) is 2.94. The zero-order valence-electron chi connectivity index (χ0n) is 12.8. The molecule has 1 fully saturated rings. The summed E-state index contributed by atoms with van der Waals surface area (Å²) in [6.45, 7) is 5.07.